The van der Waals surface area contributed by atoms with E-state index in [0.717, 1.165) is 24.6 Å². The molecule has 1 aromatic heterocycles. The normalized spacial score (nSPS) is 13.0. The molecule has 0 fully saturated rings. The monoisotopic (exact) mass is 211 g/mol. The van der Waals surface area contributed by atoms with E-state index in [1.54, 1.807) is 0 Å². The van der Waals surface area contributed by atoms with Crippen molar-refractivity contribution >= 4 is 0 Å². The van der Waals surface area contributed by atoms with Gasteiger partial charge in [-0.3, -0.25) is 0 Å². The number of hydrogen-bond donors (Lipinski definition) is 1. The molecule has 1 unspecified atom stereocenters. The van der Waals surface area contributed by atoms with Crippen LogP contribution in [0.2, 0.25) is 0 Å². The third kappa shape index (κ3) is 3.63. The lowest BCUT2D eigenvalue weighted by molar-refractivity contribution is 0.336. The number of unbranched alkanes of at least 4 members (excludes halogenated alkanes) is 1. The van der Waals surface area contributed by atoms with Crippen molar-refractivity contribution in [2.75, 3.05) is 7.05 Å². The molecule has 0 spiro atoms. The van der Waals surface area contributed by atoms with Crippen LogP contribution < -0.4 is 5.32 Å². The van der Waals surface area contributed by atoms with Gasteiger partial charge in [-0.15, -0.1) is 0 Å². The van der Waals surface area contributed by atoms with Gasteiger partial charge in [0.2, 0.25) is 5.89 Å². The van der Waals surface area contributed by atoms with Crippen LogP contribution in [0.4, 0.5) is 0 Å². The summed E-state index contributed by atoms with van der Waals surface area (Å²) in [4.78, 5) is 4.38. The Kier molecular flexibility index (Phi) is 5.32. The Morgan fingerprint density at radius 3 is 2.80 bits per heavy atom. The first-order valence-corrected chi connectivity index (χ1v) is 5.78. The zero-order chi connectivity index (χ0) is 11.1. The summed E-state index contributed by atoms with van der Waals surface area (Å²) in [6.45, 7) is 5.04. The van der Waals surface area contributed by atoms with E-state index in [4.69, 9.17) is 4.52 Å². The van der Waals surface area contributed by atoms with Crippen LogP contribution in [0.25, 0.3) is 0 Å². The fourth-order valence-corrected chi connectivity index (χ4v) is 1.62. The molecule has 4 nitrogen and oxygen atoms in total. The van der Waals surface area contributed by atoms with Gasteiger partial charge in [0.1, 0.15) is 0 Å². The molecule has 86 valence electrons. The van der Waals surface area contributed by atoms with Gasteiger partial charge in [0.05, 0.1) is 6.54 Å². The number of nitrogens with one attached hydrogen (secondary N) is 1. The SMILES string of the molecule is CCCCC(CC)c1nc(CNC)no1. The van der Waals surface area contributed by atoms with Gasteiger partial charge in [-0.2, -0.15) is 4.98 Å². The number of hydrogen-bond acceptors (Lipinski definition) is 4. The number of rotatable bonds is 7. The van der Waals surface area contributed by atoms with Gasteiger partial charge >= 0.3 is 0 Å². The first-order chi connectivity index (χ1) is 7.31. The van der Waals surface area contributed by atoms with Crippen LogP contribution in [0.3, 0.4) is 0 Å². The van der Waals surface area contributed by atoms with E-state index < -0.39 is 0 Å². The molecule has 0 radical (unpaired) electrons. The Balaban J connectivity index is 2.57. The van der Waals surface area contributed by atoms with E-state index in [9.17, 15) is 0 Å². The second-order valence-electron chi connectivity index (χ2n) is 3.83. The molecular weight excluding hydrogens is 190 g/mol. The van der Waals surface area contributed by atoms with Crippen molar-refractivity contribution in [3.8, 4) is 0 Å². The Hall–Kier alpha value is -0.900. The van der Waals surface area contributed by atoms with Crippen LogP contribution in [0.15, 0.2) is 4.52 Å². The van der Waals surface area contributed by atoms with Crippen molar-refractivity contribution in [3.05, 3.63) is 11.7 Å². The quantitative estimate of drug-likeness (QED) is 0.752. The van der Waals surface area contributed by atoms with Gasteiger partial charge in [-0.1, -0.05) is 31.8 Å². The van der Waals surface area contributed by atoms with E-state index >= 15 is 0 Å². The molecule has 0 amide bonds. The maximum Gasteiger partial charge on any atom is 0.229 e. The lowest BCUT2D eigenvalue weighted by Crippen LogP contribution is -2.07. The minimum Gasteiger partial charge on any atom is -0.339 e. The molecule has 0 saturated carbocycles. The zero-order valence-electron chi connectivity index (χ0n) is 9.92. The van der Waals surface area contributed by atoms with Crippen LogP contribution >= 0.6 is 0 Å². The fraction of sp³-hybridized carbons (Fsp3) is 0.818. The average Bonchev–Trinajstić information content (AvgIpc) is 2.68. The minimum absolute atomic E-state index is 0.433. The molecule has 0 aliphatic carbocycles. The van der Waals surface area contributed by atoms with Gasteiger partial charge in [-0.05, 0) is 19.9 Å². The lowest BCUT2D eigenvalue weighted by atomic mass is 9.99. The van der Waals surface area contributed by atoms with Crippen molar-refractivity contribution < 1.29 is 4.52 Å². The third-order valence-electron chi connectivity index (χ3n) is 2.57. The Labute approximate surface area is 91.5 Å². The summed E-state index contributed by atoms with van der Waals surface area (Å²) < 4.78 is 5.27. The van der Waals surface area contributed by atoms with Crippen molar-refractivity contribution in [1.29, 1.82) is 0 Å². The smallest absolute Gasteiger partial charge is 0.229 e. The average molecular weight is 211 g/mol. The summed E-state index contributed by atoms with van der Waals surface area (Å²) in [5, 5.41) is 6.95. The summed E-state index contributed by atoms with van der Waals surface area (Å²) in [5.74, 6) is 1.99. The van der Waals surface area contributed by atoms with E-state index in [-0.39, 0.29) is 0 Å². The molecule has 1 aromatic rings. The van der Waals surface area contributed by atoms with Crippen LogP contribution in [-0.4, -0.2) is 17.2 Å². The van der Waals surface area contributed by atoms with E-state index in [0.29, 0.717) is 12.5 Å². The molecule has 0 aliphatic heterocycles. The van der Waals surface area contributed by atoms with Gasteiger partial charge in [0, 0.05) is 5.92 Å². The highest BCUT2D eigenvalue weighted by Gasteiger charge is 2.16. The third-order valence-corrected chi connectivity index (χ3v) is 2.57. The lowest BCUT2D eigenvalue weighted by Gasteiger charge is -2.07. The zero-order valence-corrected chi connectivity index (χ0v) is 9.92. The second-order valence-corrected chi connectivity index (χ2v) is 3.83. The number of aromatic nitrogens is 2. The Bertz CT molecular complexity index is 273. The highest BCUT2D eigenvalue weighted by atomic mass is 16.5. The summed E-state index contributed by atoms with van der Waals surface area (Å²) in [6, 6.07) is 0. The van der Waals surface area contributed by atoms with Crippen LogP contribution in [0, 0.1) is 0 Å². The molecule has 1 atom stereocenters. The minimum atomic E-state index is 0.433. The second kappa shape index (κ2) is 6.56. The molecule has 0 bridgehead atoms. The predicted molar refractivity (Wildman–Crippen MR) is 59.6 cm³/mol. The Morgan fingerprint density at radius 2 is 2.20 bits per heavy atom. The van der Waals surface area contributed by atoms with Gasteiger partial charge in [0.25, 0.3) is 0 Å². The summed E-state index contributed by atoms with van der Waals surface area (Å²) in [5.41, 5.74) is 0. The summed E-state index contributed by atoms with van der Waals surface area (Å²) in [7, 11) is 1.88. The number of nitrogens with zero attached hydrogens (tertiary/aromatic N) is 2. The first kappa shape index (κ1) is 12.2. The van der Waals surface area contributed by atoms with Crippen LogP contribution in [-0.2, 0) is 6.54 Å². The summed E-state index contributed by atoms with van der Waals surface area (Å²) in [6.07, 6.45) is 4.66. The van der Waals surface area contributed by atoms with Gasteiger partial charge in [-0.25, -0.2) is 0 Å². The highest BCUT2D eigenvalue weighted by Crippen LogP contribution is 2.23. The van der Waals surface area contributed by atoms with E-state index in [2.05, 4.69) is 29.3 Å². The van der Waals surface area contributed by atoms with Crippen LogP contribution in [0.5, 0.6) is 0 Å². The maximum absolute atomic E-state index is 5.27. The van der Waals surface area contributed by atoms with Crippen LogP contribution in [0.1, 0.15) is 57.2 Å². The molecule has 15 heavy (non-hydrogen) atoms. The van der Waals surface area contributed by atoms with Gasteiger partial charge in [0.15, 0.2) is 5.82 Å². The topological polar surface area (TPSA) is 51.0 Å². The maximum atomic E-state index is 5.27. The van der Waals surface area contributed by atoms with Crippen molar-refractivity contribution in [2.45, 2.75) is 52.0 Å². The van der Waals surface area contributed by atoms with Crippen molar-refractivity contribution in [3.63, 3.8) is 0 Å². The first-order valence-electron chi connectivity index (χ1n) is 5.78. The van der Waals surface area contributed by atoms with E-state index in [1.807, 2.05) is 7.05 Å². The van der Waals surface area contributed by atoms with E-state index in [1.165, 1.54) is 12.8 Å². The van der Waals surface area contributed by atoms with Crippen molar-refractivity contribution in [2.24, 2.45) is 0 Å². The fourth-order valence-electron chi connectivity index (χ4n) is 1.62. The molecule has 1 rings (SSSR count). The largest absolute Gasteiger partial charge is 0.339 e. The highest BCUT2D eigenvalue weighted by molar-refractivity contribution is 4.93. The molecule has 1 N–H and O–H groups in total. The summed E-state index contributed by atoms with van der Waals surface area (Å²) >= 11 is 0. The molecular formula is C11H21N3O. The standard InChI is InChI=1S/C11H21N3O/c1-4-6-7-9(5-2)11-13-10(8-12-3)14-15-11/h9,12H,4-8H2,1-3H3. The van der Waals surface area contributed by atoms with Crippen molar-refractivity contribution in [1.82, 2.24) is 15.5 Å². The predicted octanol–water partition coefficient (Wildman–Crippen LogP) is 2.47. The molecule has 1 heterocycles. The van der Waals surface area contributed by atoms with Gasteiger partial charge < -0.3 is 9.84 Å². The molecule has 0 aliphatic rings. The molecule has 4 heteroatoms. The molecule has 0 saturated heterocycles. The Morgan fingerprint density at radius 1 is 1.40 bits per heavy atom. The molecule has 0 aromatic carbocycles.